The maximum absolute atomic E-state index is 10.4. The Morgan fingerprint density at radius 1 is 1.22 bits per heavy atom. The molecule has 6 heteroatoms. The first-order valence-corrected chi connectivity index (χ1v) is 9.32. The van der Waals surface area contributed by atoms with E-state index in [-0.39, 0.29) is 6.42 Å². The zero-order chi connectivity index (χ0) is 16.1. The van der Waals surface area contributed by atoms with E-state index in [9.17, 15) is 4.79 Å². The van der Waals surface area contributed by atoms with Gasteiger partial charge in [-0.05, 0) is 30.4 Å². The van der Waals surface area contributed by atoms with E-state index in [1.807, 2.05) is 0 Å². The van der Waals surface area contributed by atoms with Crippen LogP contribution < -0.4 is 5.32 Å². The van der Waals surface area contributed by atoms with E-state index in [1.54, 1.807) is 22.7 Å². The van der Waals surface area contributed by atoms with Gasteiger partial charge >= 0.3 is 5.97 Å². The molecule has 3 rings (SSSR count). The summed E-state index contributed by atoms with van der Waals surface area (Å²) < 4.78 is 1.28. The predicted molar refractivity (Wildman–Crippen MR) is 97.5 cm³/mol. The average Bonchev–Trinajstić information content (AvgIpc) is 3.16. The number of nitrogens with zero attached hydrogens (tertiary/aromatic N) is 1. The molecule has 0 atom stereocenters. The van der Waals surface area contributed by atoms with Gasteiger partial charge < -0.3 is 10.4 Å². The van der Waals surface area contributed by atoms with Gasteiger partial charge in [-0.1, -0.05) is 24.6 Å². The largest absolute Gasteiger partial charge is 0.481 e. The highest BCUT2D eigenvalue weighted by molar-refractivity contribution is 7.22. The normalized spacial score (nSPS) is 11.0. The van der Waals surface area contributed by atoms with Gasteiger partial charge in [0.2, 0.25) is 0 Å². The second kappa shape index (κ2) is 7.57. The zero-order valence-electron chi connectivity index (χ0n) is 12.6. The molecule has 0 saturated heterocycles. The number of benzene rings is 1. The Labute approximate surface area is 142 Å². The summed E-state index contributed by atoms with van der Waals surface area (Å²) in [6.07, 6.45) is 2.88. The number of aromatic nitrogens is 1. The number of nitrogens with one attached hydrogen (secondary N) is 1. The van der Waals surface area contributed by atoms with Crippen LogP contribution in [0.4, 0.5) is 5.13 Å². The fraction of sp³-hybridized carbons (Fsp3) is 0.294. The SMILES string of the molecule is O=C(O)CCCCCNc1nc(-c2cc3ccccc3s2)cs1. The summed E-state index contributed by atoms with van der Waals surface area (Å²) in [6.45, 7) is 0.832. The van der Waals surface area contributed by atoms with E-state index in [4.69, 9.17) is 5.11 Å². The fourth-order valence-electron chi connectivity index (χ4n) is 2.35. The summed E-state index contributed by atoms with van der Waals surface area (Å²) in [6, 6.07) is 10.5. The number of aliphatic carboxylic acids is 1. The third-order valence-corrected chi connectivity index (χ3v) is 5.46. The van der Waals surface area contributed by atoms with Crippen LogP contribution in [-0.2, 0) is 4.79 Å². The quantitative estimate of drug-likeness (QED) is 0.558. The molecule has 4 nitrogen and oxygen atoms in total. The molecule has 0 amide bonds. The van der Waals surface area contributed by atoms with Gasteiger partial charge in [0.25, 0.3) is 0 Å². The minimum atomic E-state index is -0.717. The monoisotopic (exact) mass is 346 g/mol. The number of thiazole rings is 1. The van der Waals surface area contributed by atoms with E-state index in [0.717, 1.165) is 36.6 Å². The van der Waals surface area contributed by atoms with Crippen molar-refractivity contribution in [1.82, 2.24) is 4.98 Å². The number of thiophene rings is 1. The van der Waals surface area contributed by atoms with Crippen LogP contribution in [0.2, 0.25) is 0 Å². The second-order valence-electron chi connectivity index (χ2n) is 5.32. The number of fused-ring (bicyclic) bond motifs is 1. The molecule has 2 aromatic heterocycles. The third-order valence-electron chi connectivity index (χ3n) is 3.53. The average molecular weight is 346 g/mol. The molecule has 0 radical (unpaired) electrons. The molecule has 2 heterocycles. The van der Waals surface area contributed by atoms with Crippen LogP contribution in [0.1, 0.15) is 25.7 Å². The molecule has 120 valence electrons. The fourth-order valence-corrected chi connectivity index (χ4v) is 4.19. The molecular weight excluding hydrogens is 328 g/mol. The van der Waals surface area contributed by atoms with E-state index >= 15 is 0 Å². The first-order valence-electron chi connectivity index (χ1n) is 7.62. The lowest BCUT2D eigenvalue weighted by Gasteiger charge is -2.01. The van der Waals surface area contributed by atoms with Crippen molar-refractivity contribution in [2.24, 2.45) is 0 Å². The number of anilines is 1. The summed E-state index contributed by atoms with van der Waals surface area (Å²) in [5, 5.41) is 16.2. The maximum Gasteiger partial charge on any atom is 0.303 e. The van der Waals surface area contributed by atoms with E-state index in [1.165, 1.54) is 15.0 Å². The Balaban J connectivity index is 1.53. The summed E-state index contributed by atoms with van der Waals surface area (Å²) in [4.78, 5) is 16.3. The highest BCUT2D eigenvalue weighted by atomic mass is 32.1. The van der Waals surface area contributed by atoms with E-state index in [0.29, 0.717) is 0 Å². The summed E-state index contributed by atoms with van der Waals surface area (Å²) in [5.74, 6) is -0.717. The lowest BCUT2D eigenvalue weighted by molar-refractivity contribution is -0.137. The smallest absolute Gasteiger partial charge is 0.303 e. The van der Waals surface area contributed by atoms with Crippen LogP contribution in [-0.4, -0.2) is 22.6 Å². The molecule has 1 aromatic carbocycles. The van der Waals surface area contributed by atoms with Crippen LogP contribution in [0.3, 0.4) is 0 Å². The van der Waals surface area contributed by atoms with Crippen molar-refractivity contribution in [3.8, 4) is 10.6 Å². The molecule has 0 aliphatic carbocycles. The number of hydrogen-bond acceptors (Lipinski definition) is 5. The lowest BCUT2D eigenvalue weighted by Crippen LogP contribution is -2.01. The molecule has 0 bridgehead atoms. The third kappa shape index (κ3) is 4.30. The summed E-state index contributed by atoms with van der Waals surface area (Å²) >= 11 is 3.38. The first kappa shape index (κ1) is 16.0. The van der Waals surface area contributed by atoms with Gasteiger partial charge in [-0.2, -0.15) is 0 Å². The number of hydrogen-bond donors (Lipinski definition) is 2. The van der Waals surface area contributed by atoms with E-state index < -0.39 is 5.97 Å². The first-order chi connectivity index (χ1) is 11.2. The number of rotatable bonds is 8. The van der Waals surface area contributed by atoms with Crippen LogP contribution >= 0.6 is 22.7 Å². The Bertz CT molecular complexity index is 762. The van der Waals surface area contributed by atoms with Gasteiger partial charge in [0.1, 0.15) is 0 Å². The topological polar surface area (TPSA) is 62.2 Å². The van der Waals surface area contributed by atoms with Gasteiger partial charge in [0.05, 0.1) is 10.6 Å². The van der Waals surface area contributed by atoms with Crippen molar-refractivity contribution >= 4 is 43.9 Å². The molecular formula is C17H18N2O2S2. The van der Waals surface area contributed by atoms with Gasteiger partial charge in [0.15, 0.2) is 5.13 Å². The number of carboxylic acid groups (broad SMARTS) is 1. The van der Waals surface area contributed by atoms with E-state index in [2.05, 4.69) is 46.0 Å². The minimum absolute atomic E-state index is 0.257. The van der Waals surface area contributed by atoms with Crippen molar-refractivity contribution in [2.45, 2.75) is 25.7 Å². The molecule has 2 N–H and O–H groups in total. The summed E-state index contributed by atoms with van der Waals surface area (Å²) in [7, 11) is 0. The van der Waals surface area contributed by atoms with Crippen LogP contribution in [0.5, 0.6) is 0 Å². The molecule has 0 aliphatic rings. The number of unbranched alkanes of at least 4 members (excludes halogenated alkanes) is 2. The Kier molecular flexibility index (Phi) is 5.25. The van der Waals surface area contributed by atoms with Crippen molar-refractivity contribution in [3.05, 3.63) is 35.7 Å². The minimum Gasteiger partial charge on any atom is -0.481 e. The second-order valence-corrected chi connectivity index (χ2v) is 7.26. The standard InChI is InChI=1S/C17H18N2O2S2/c20-16(21)8-2-1-5-9-18-17-19-13(11-22-17)15-10-12-6-3-4-7-14(12)23-15/h3-4,6-7,10-11H,1-2,5,8-9H2,(H,18,19)(H,20,21). The molecule has 23 heavy (non-hydrogen) atoms. The molecule has 0 unspecified atom stereocenters. The van der Waals surface area contributed by atoms with Gasteiger partial charge in [0, 0.05) is 23.0 Å². The highest BCUT2D eigenvalue weighted by Gasteiger charge is 2.08. The Morgan fingerprint density at radius 3 is 2.91 bits per heavy atom. The van der Waals surface area contributed by atoms with Crippen molar-refractivity contribution in [2.75, 3.05) is 11.9 Å². The number of carboxylic acids is 1. The highest BCUT2D eigenvalue weighted by Crippen LogP contribution is 2.34. The zero-order valence-corrected chi connectivity index (χ0v) is 14.3. The number of carbonyl (C=O) groups is 1. The molecule has 0 fully saturated rings. The Hall–Kier alpha value is -1.92. The predicted octanol–water partition coefficient (Wildman–Crippen LogP) is 5.08. The van der Waals surface area contributed by atoms with Gasteiger partial charge in [-0.25, -0.2) is 4.98 Å². The van der Waals surface area contributed by atoms with Crippen molar-refractivity contribution < 1.29 is 9.90 Å². The molecule has 0 saturated carbocycles. The van der Waals surface area contributed by atoms with Gasteiger partial charge in [-0.15, -0.1) is 22.7 Å². The molecule has 0 aliphatic heterocycles. The molecule has 0 spiro atoms. The van der Waals surface area contributed by atoms with Crippen LogP contribution in [0.25, 0.3) is 20.7 Å². The Morgan fingerprint density at radius 2 is 2.09 bits per heavy atom. The van der Waals surface area contributed by atoms with Crippen molar-refractivity contribution in [1.29, 1.82) is 0 Å². The summed E-state index contributed by atoms with van der Waals surface area (Å²) in [5.41, 5.74) is 1.02. The van der Waals surface area contributed by atoms with Crippen LogP contribution in [0, 0.1) is 0 Å². The maximum atomic E-state index is 10.4. The van der Waals surface area contributed by atoms with Gasteiger partial charge in [-0.3, -0.25) is 4.79 Å². The molecule has 3 aromatic rings. The lowest BCUT2D eigenvalue weighted by atomic mass is 10.2. The van der Waals surface area contributed by atoms with Crippen molar-refractivity contribution in [3.63, 3.8) is 0 Å². The van der Waals surface area contributed by atoms with Crippen LogP contribution in [0.15, 0.2) is 35.7 Å².